The molecule has 0 N–H and O–H groups in total. The Kier molecular flexibility index (Phi) is 5.56. The number of rotatable bonds is 5. The molecule has 1 aromatic rings. The number of carbonyl (C=O) groups is 1. The van der Waals surface area contributed by atoms with Gasteiger partial charge in [-0.1, -0.05) is 65.8 Å². The zero-order valence-electron chi connectivity index (χ0n) is 14.0. The summed E-state index contributed by atoms with van der Waals surface area (Å²) in [5.74, 6) is 0.296. The number of aryl methyl sites for hydroxylation is 1. The molecule has 112 valence electrons. The van der Waals surface area contributed by atoms with Crippen molar-refractivity contribution in [3.05, 3.63) is 35.4 Å². The third-order valence-corrected chi connectivity index (χ3v) is 3.56. The predicted octanol–water partition coefficient (Wildman–Crippen LogP) is 5.67. The van der Waals surface area contributed by atoms with Gasteiger partial charge in [0.2, 0.25) is 0 Å². The van der Waals surface area contributed by atoms with E-state index in [-0.39, 0.29) is 5.41 Å². The standard InChI is InChI=1S/C19H30O/c1-18(2,3)13-11-15-9-7-8-10-16(15)17(20)12-14-19(4,5)6/h7-10H,11-14H2,1-6H3. The van der Waals surface area contributed by atoms with E-state index in [9.17, 15) is 4.79 Å². The van der Waals surface area contributed by atoms with Crippen LogP contribution in [0.25, 0.3) is 0 Å². The van der Waals surface area contributed by atoms with Crippen molar-refractivity contribution in [2.75, 3.05) is 0 Å². The summed E-state index contributed by atoms with van der Waals surface area (Å²) < 4.78 is 0. The van der Waals surface area contributed by atoms with Gasteiger partial charge < -0.3 is 0 Å². The van der Waals surface area contributed by atoms with Crippen LogP contribution in [0.5, 0.6) is 0 Å². The van der Waals surface area contributed by atoms with Gasteiger partial charge in [0.25, 0.3) is 0 Å². The van der Waals surface area contributed by atoms with E-state index in [2.05, 4.69) is 47.6 Å². The van der Waals surface area contributed by atoms with Gasteiger partial charge in [-0.15, -0.1) is 0 Å². The first-order chi connectivity index (χ1) is 9.08. The fraction of sp³-hybridized carbons (Fsp3) is 0.632. The molecule has 0 amide bonds. The molecular weight excluding hydrogens is 244 g/mol. The third-order valence-electron chi connectivity index (χ3n) is 3.56. The smallest absolute Gasteiger partial charge is 0.163 e. The van der Waals surface area contributed by atoms with Crippen LogP contribution in [0.15, 0.2) is 24.3 Å². The van der Waals surface area contributed by atoms with Crippen molar-refractivity contribution in [1.29, 1.82) is 0 Å². The summed E-state index contributed by atoms with van der Waals surface area (Å²) in [5.41, 5.74) is 2.67. The van der Waals surface area contributed by atoms with Crippen molar-refractivity contribution in [3.63, 3.8) is 0 Å². The van der Waals surface area contributed by atoms with Gasteiger partial charge in [-0.25, -0.2) is 0 Å². The first-order valence-electron chi connectivity index (χ1n) is 7.70. The minimum absolute atomic E-state index is 0.218. The van der Waals surface area contributed by atoms with Crippen LogP contribution in [0.1, 0.15) is 76.7 Å². The topological polar surface area (TPSA) is 17.1 Å². The quantitative estimate of drug-likeness (QED) is 0.632. The highest BCUT2D eigenvalue weighted by Gasteiger charge is 2.17. The Morgan fingerprint density at radius 1 is 0.900 bits per heavy atom. The van der Waals surface area contributed by atoms with E-state index in [0.717, 1.165) is 24.8 Å². The lowest BCUT2D eigenvalue weighted by Gasteiger charge is -2.20. The Hall–Kier alpha value is -1.11. The number of Topliss-reactive ketones (excluding diaryl/α,β-unsaturated/α-hetero) is 1. The maximum atomic E-state index is 12.4. The number of hydrogen-bond donors (Lipinski definition) is 0. The Balaban J connectivity index is 2.77. The molecule has 1 rings (SSSR count). The average Bonchev–Trinajstić information content (AvgIpc) is 2.32. The van der Waals surface area contributed by atoms with Crippen molar-refractivity contribution < 1.29 is 4.79 Å². The molecule has 0 unspecified atom stereocenters. The normalized spacial score (nSPS) is 12.5. The van der Waals surface area contributed by atoms with Crippen LogP contribution in [0.4, 0.5) is 0 Å². The Morgan fingerprint density at radius 3 is 2.00 bits per heavy atom. The van der Waals surface area contributed by atoms with Gasteiger partial charge in [-0.2, -0.15) is 0 Å². The van der Waals surface area contributed by atoms with Gasteiger partial charge in [0.1, 0.15) is 0 Å². The van der Waals surface area contributed by atoms with Crippen LogP contribution in [-0.2, 0) is 6.42 Å². The van der Waals surface area contributed by atoms with E-state index < -0.39 is 0 Å². The second-order valence-electron chi connectivity index (χ2n) is 8.20. The zero-order chi connectivity index (χ0) is 15.4. The monoisotopic (exact) mass is 274 g/mol. The molecule has 1 nitrogen and oxygen atoms in total. The molecule has 0 heterocycles. The highest BCUT2D eigenvalue weighted by molar-refractivity contribution is 5.97. The first-order valence-corrected chi connectivity index (χ1v) is 7.70. The summed E-state index contributed by atoms with van der Waals surface area (Å²) in [6.07, 6.45) is 3.69. The van der Waals surface area contributed by atoms with E-state index in [1.54, 1.807) is 0 Å². The Bertz CT molecular complexity index is 444. The molecule has 0 aliphatic heterocycles. The summed E-state index contributed by atoms with van der Waals surface area (Å²) in [6.45, 7) is 13.3. The minimum atomic E-state index is 0.218. The number of carbonyl (C=O) groups excluding carboxylic acids is 1. The van der Waals surface area contributed by atoms with Crippen LogP contribution in [0, 0.1) is 10.8 Å². The molecule has 0 fully saturated rings. The van der Waals surface area contributed by atoms with Crippen LogP contribution < -0.4 is 0 Å². The van der Waals surface area contributed by atoms with E-state index in [1.807, 2.05) is 18.2 Å². The molecular formula is C19H30O. The van der Waals surface area contributed by atoms with Gasteiger partial charge in [0.05, 0.1) is 0 Å². The molecule has 1 heteroatoms. The van der Waals surface area contributed by atoms with Crippen LogP contribution in [-0.4, -0.2) is 5.78 Å². The van der Waals surface area contributed by atoms with E-state index in [1.165, 1.54) is 5.56 Å². The van der Waals surface area contributed by atoms with Gasteiger partial charge in [0.15, 0.2) is 5.78 Å². The van der Waals surface area contributed by atoms with Crippen LogP contribution in [0.2, 0.25) is 0 Å². The molecule has 0 aliphatic rings. The lowest BCUT2D eigenvalue weighted by Crippen LogP contribution is -2.12. The van der Waals surface area contributed by atoms with Crippen molar-refractivity contribution >= 4 is 5.78 Å². The number of hydrogen-bond acceptors (Lipinski definition) is 1. The maximum absolute atomic E-state index is 12.4. The fourth-order valence-electron chi connectivity index (χ4n) is 2.14. The first kappa shape index (κ1) is 16.9. The van der Waals surface area contributed by atoms with Crippen LogP contribution in [0.3, 0.4) is 0 Å². The molecule has 0 saturated carbocycles. The maximum Gasteiger partial charge on any atom is 0.163 e. The number of ketones is 1. The van der Waals surface area contributed by atoms with Crippen molar-refractivity contribution in [1.82, 2.24) is 0 Å². The van der Waals surface area contributed by atoms with E-state index >= 15 is 0 Å². The Labute approximate surface area is 124 Å². The average molecular weight is 274 g/mol. The number of benzene rings is 1. The molecule has 0 atom stereocenters. The van der Waals surface area contributed by atoms with Gasteiger partial charge >= 0.3 is 0 Å². The molecule has 0 spiro atoms. The van der Waals surface area contributed by atoms with Gasteiger partial charge in [0, 0.05) is 12.0 Å². The van der Waals surface area contributed by atoms with Crippen molar-refractivity contribution in [2.24, 2.45) is 10.8 Å². The summed E-state index contributed by atoms with van der Waals surface area (Å²) in [7, 11) is 0. The SMILES string of the molecule is CC(C)(C)CCC(=O)c1ccccc1CCC(C)(C)C. The van der Waals surface area contributed by atoms with Crippen LogP contribution >= 0.6 is 0 Å². The molecule has 0 aromatic heterocycles. The van der Waals surface area contributed by atoms with Crippen molar-refractivity contribution in [2.45, 2.75) is 67.2 Å². The molecule has 0 bridgehead atoms. The molecule has 20 heavy (non-hydrogen) atoms. The zero-order valence-corrected chi connectivity index (χ0v) is 14.0. The summed E-state index contributed by atoms with van der Waals surface area (Å²) in [4.78, 5) is 12.4. The predicted molar refractivity (Wildman–Crippen MR) is 87.2 cm³/mol. The summed E-state index contributed by atoms with van der Waals surface area (Å²) >= 11 is 0. The Morgan fingerprint density at radius 2 is 1.45 bits per heavy atom. The minimum Gasteiger partial charge on any atom is -0.294 e. The highest BCUT2D eigenvalue weighted by Crippen LogP contribution is 2.25. The van der Waals surface area contributed by atoms with E-state index in [4.69, 9.17) is 0 Å². The summed E-state index contributed by atoms with van der Waals surface area (Å²) in [5, 5.41) is 0. The fourth-order valence-corrected chi connectivity index (χ4v) is 2.14. The van der Waals surface area contributed by atoms with E-state index in [0.29, 0.717) is 17.6 Å². The summed E-state index contributed by atoms with van der Waals surface area (Å²) in [6, 6.07) is 8.11. The largest absolute Gasteiger partial charge is 0.294 e. The second-order valence-corrected chi connectivity index (χ2v) is 8.20. The lowest BCUT2D eigenvalue weighted by molar-refractivity contribution is 0.0965. The highest BCUT2D eigenvalue weighted by atomic mass is 16.1. The molecule has 0 saturated heterocycles. The third kappa shape index (κ3) is 6.36. The molecule has 0 aliphatic carbocycles. The second kappa shape index (κ2) is 6.56. The van der Waals surface area contributed by atoms with Gasteiger partial charge in [-0.3, -0.25) is 4.79 Å². The van der Waals surface area contributed by atoms with Gasteiger partial charge in [-0.05, 0) is 35.7 Å². The van der Waals surface area contributed by atoms with Crippen molar-refractivity contribution in [3.8, 4) is 0 Å². The molecule has 0 radical (unpaired) electrons. The lowest BCUT2D eigenvalue weighted by atomic mass is 9.85. The molecule has 1 aromatic carbocycles.